The van der Waals surface area contributed by atoms with Crippen LogP contribution >= 0.6 is 0 Å². The van der Waals surface area contributed by atoms with Crippen LogP contribution in [0, 0.1) is 0 Å². The molecule has 1 heterocycles. The maximum Gasteiger partial charge on any atom is 0.227 e. The molecular formula is C56H38N2O. The van der Waals surface area contributed by atoms with Crippen molar-refractivity contribution in [2.45, 2.75) is 19.3 Å². The Bertz CT molecular complexity index is 3470. The molecule has 0 saturated heterocycles. The van der Waals surface area contributed by atoms with Crippen LogP contribution in [0.5, 0.6) is 0 Å². The zero-order valence-electron chi connectivity index (χ0n) is 32.8. The van der Waals surface area contributed by atoms with E-state index in [-0.39, 0.29) is 5.41 Å². The van der Waals surface area contributed by atoms with Gasteiger partial charge in [-0.1, -0.05) is 141 Å². The number of anilines is 3. The van der Waals surface area contributed by atoms with Crippen molar-refractivity contribution in [1.82, 2.24) is 4.98 Å². The van der Waals surface area contributed by atoms with E-state index in [9.17, 15) is 0 Å². The van der Waals surface area contributed by atoms with Crippen LogP contribution in [0.3, 0.4) is 0 Å². The van der Waals surface area contributed by atoms with E-state index in [4.69, 9.17) is 9.40 Å². The van der Waals surface area contributed by atoms with Gasteiger partial charge in [0, 0.05) is 38.8 Å². The molecule has 0 saturated carbocycles. The topological polar surface area (TPSA) is 29.3 Å². The Morgan fingerprint density at radius 1 is 0.424 bits per heavy atom. The summed E-state index contributed by atoms with van der Waals surface area (Å²) >= 11 is 0. The number of benzene rings is 10. The number of para-hydroxylation sites is 1. The molecule has 59 heavy (non-hydrogen) atoms. The molecular weight excluding hydrogens is 717 g/mol. The maximum atomic E-state index is 6.67. The van der Waals surface area contributed by atoms with Gasteiger partial charge in [-0.3, -0.25) is 0 Å². The first-order chi connectivity index (χ1) is 29.0. The highest BCUT2D eigenvalue weighted by molar-refractivity contribution is 6.29. The summed E-state index contributed by atoms with van der Waals surface area (Å²) in [6.07, 6.45) is 0. The van der Waals surface area contributed by atoms with Crippen molar-refractivity contribution < 1.29 is 4.42 Å². The van der Waals surface area contributed by atoms with Gasteiger partial charge in [0.05, 0.1) is 0 Å². The quantitative estimate of drug-likeness (QED) is 0.164. The molecule has 0 radical (unpaired) electrons. The fourth-order valence-corrected chi connectivity index (χ4v) is 9.74. The number of nitrogens with zero attached hydrogens (tertiary/aromatic N) is 2. The Labute approximate surface area is 342 Å². The van der Waals surface area contributed by atoms with E-state index in [1.807, 2.05) is 30.3 Å². The van der Waals surface area contributed by atoms with Gasteiger partial charge in [0.15, 0.2) is 5.58 Å². The predicted octanol–water partition coefficient (Wildman–Crippen LogP) is 15.6. The highest BCUT2D eigenvalue weighted by Crippen LogP contribution is 2.51. The third-order valence-electron chi connectivity index (χ3n) is 12.6. The molecule has 1 aromatic heterocycles. The van der Waals surface area contributed by atoms with Gasteiger partial charge in [-0.25, -0.2) is 4.98 Å². The Kier molecular flexibility index (Phi) is 7.27. The third-order valence-corrected chi connectivity index (χ3v) is 12.6. The second-order valence-corrected chi connectivity index (χ2v) is 16.3. The van der Waals surface area contributed by atoms with Crippen molar-refractivity contribution in [2.75, 3.05) is 4.90 Å². The lowest BCUT2D eigenvalue weighted by Gasteiger charge is -2.27. The molecule has 0 spiro atoms. The SMILES string of the molecule is CC1(C)c2ccccc2-c2cc(N(c3ccccc3)c3ccc4ccc(-c5cc6ccccc6c6c5ccc5ccc7nc(-c8ccccc8)oc7c56)cc4c3)ccc21. The number of aromatic nitrogens is 1. The highest BCUT2D eigenvalue weighted by atomic mass is 16.3. The number of oxazole rings is 1. The summed E-state index contributed by atoms with van der Waals surface area (Å²) in [6, 6.07) is 70.4. The van der Waals surface area contributed by atoms with Crippen LogP contribution in [0.2, 0.25) is 0 Å². The molecule has 3 heteroatoms. The van der Waals surface area contributed by atoms with E-state index in [0.717, 1.165) is 44.5 Å². The predicted molar refractivity (Wildman–Crippen MR) is 247 cm³/mol. The van der Waals surface area contributed by atoms with E-state index < -0.39 is 0 Å². The summed E-state index contributed by atoms with van der Waals surface area (Å²) in [5, 5.41) is 9.35. The molecule has 1 aliphatic rings. The van der Waals surface area contributed by atoms with Crippen LogP contribution in [0.1, 0.15) is 25.0 Å². The van der Waals surface area contributed by atoms with E-state index in [2.05, 4.69) is 183 Å². The molecule has 0 aliphatic heterocycles. The molecule has 0 bridgehead atoms. The number of fused-ring (bicyclic) bond motifs is 11. The molecule has 12 rings (SSSR count). The van der Waals surface area contributed by atoms with Crippen LogP contribution in [-0.2, 0) is 5.41 Å². The first kappa shape index (κ1) is 33.6. The van der Waals surface area contributed by atoms with Crippen LogP contribution in [0.4, 0.5) is 17.1 Å². The zero-order valence-corrected chi connectivity index (χ0v) is 32.8. The van der Waals surface area contributed by atoms with Crippen molar-refractivity contribution in [3.05, 3.63) is 205 Å². The van der Waals surface area contributed by atoms with Crippen molar-refractivity contribution in [3.63, 3.8) is 0 Å². The lowest BCUT2D eigenvalue weighted by Crippen LogP contribution is -2.15. The van der Waals surface area contributed by atoms with Gasteiger partial charge in [0.1, 0.15) is 5.52 Å². The van der Waals surface area contributed by atoms with E-state index >= 15 is 0 Å². The minimum absolute atomic E-state index is 0.0490. The van der Waals surface area contributed by atoms with Gasteiger partial charge >= 0.3 is 0 Å². The molecule has 1 aliphatic carbocycles. The molecule has 0 amide bonds. The molecule has 0 unspecified atom stereocenters. The third kappa shape index (κ3) is 5.18. The van der Waals surface area contributed by atoms with Gasteiger partial charge in [-0.05, 0) is 132 Å². The normalized spacial score (nSPS) is 13.1. The van der Waals surface area contributed by atoms with Crippen LogP contribution in [0.15, 0.2) is 199 Å². The number of hydrogen-bond acceptors (Lipinski definition) is 3. The minimum atomic E-state index is -0.0490. The summed E-state index contributed by atoms with van der Waals surface area (Å²) in [4.78, 5) is 7.36. The molecule has 278 valence electrons. The number of hydrogen-bond donors (Lipinski definition) is 0. The molecule has 11 aromatic rings. The van der Waals surface area contributed by atoms with E-state index in [1.165, 1.54) is 65.7 Å². The second kappa shape index (κ2) is 12.8. The summed E-state index contributed by atoms with van der Waals surface area (Å²) in [5.41, 5.74) is 13.7. The Balaban J connectivity index is 1.04. The fraction of sp³-hybridized carbons (Fsp3) is 0.0536. The van der Waals surface area contributed by atoms with Crippen molar-refractivity contribution in [3.8, 4) is 33.7 Å². The van der Waals surface area contributed by atoms with Crippen LogP contribution in [0.25, 0.3) is 87.9 Å². The summed E-state index contributed by atoms with van der Waals surface area (Å²) in [7, 11) is 0. The second-order valence-electron chi connectivity index (χ2n) is 16.3. The molecule has 0 atom stereocenters. The molecule has 10 aromatic carbocycles. The fourth-order valence-electron chi connectivity index (χ4n) is 9.74. The smallest absolute Gasteiger partial charge is 0.227 e. The average molecular weight is 755 g/mol. The summed E-state index contributed by atoms with van der Waals surface area (Å²) < 4.78 is 6.67. The number of rotatable bonds is 5. The Morgan fingerprint density at radius 2 is 1.12 bits per heavy atom. The van der Waals surface area contributed by atoms with E-state index in [0.29, 0.717) is 5.89 Å². The summed E-state index contributed by atoms with van der Waals surface area (Å²) in [6.45, 7) is 4.68. The summed E-state index contributed by atoms with van der Waals surface area (Å²) in [5.74, 6) is 0.633. The lowest BCUT2D eigenvalue weighted by atomic mass is 9.82. The van der Waals surface area contributed by atoms with Gasteiger partial charge < -0.3 is 9.32 Å². The minimum Gasteiger partial charge on any atom is -0.435 e. The van der Waals surface area contributed by atoms with Crippen LogP contribution in [-0.4, -0.2) is 4.98 Å². The maximum absolute atomic E-state index is 6.67. The van der Waals surface area contributed by atoms with Gasteiger partial charge in [0.2, 0.25) is 5.89 Å². The van der Waals surface area contributed by atoms with Crippen molar-refractivity contribution in [2.24, 2.45) is 0 Å². The van der Waals surface area contributed by atoms with Gasteiger partial charge in [-0.15, -0.1) is 0 Å². The lowest BCUT2D eigenvalue weighted by molar-refractivity contribution is 0.623. The van der Waals surface area contributed by atoms with Gasteiger partial charge in [-0.2, -0.15) is 0 Å². The molecule has 0 N–H and O–H groups in total. The first-order valence-electron chi connectivity index (χ1n) is 20.4. The molecule has 3 nitrogen and oxygen atoms in total. The zero-order chi connectivity index (χ0) is 39.2. The van der Waals surface area contributed by atoms with E-state index in [1.54, 1.807) is 0 Å². The Morgan fingerprint density at radius 3 is 2.00 bits per heavy atom. The largest absolute Gasteiger partial charge is 0.435 e. The average Bonchev–Trinajstić information content (AvgIpc) is 3.83. The van der Waals surface area contributed by atoms with Crippen LogP contribution < -0.4 is 4.90 Å². The monoisotopic (exact) mass is 754 g/mol. The van der Waals surface area contributed by atoms with Crippen molar-refractivity contribution >= 4 is 71.3 Å². The first-order valence-corrected chi connectivity index (χ1v) is 20.4. The molecule has 0 fully saturated rings. The standard InChI is InChI=1S/C56H38N2O/c1-56(2)49-20-12-11-19-45(49)48-34-43(27-29-50(48)56)58(41-16-7-4-8-17-41)42-26-23-35-21-22-39(31-40(35)32-42)47-33-38-15-9-10-18-44(38)53-46(47)28-24-36-25-30-51-54(52(36)53)59-55(57-51)37-13-5-3-6-14-37/h3-34H,1-2H3. The van der Waals surface area contributed by atoms with Crippen molar-refractivity contribution in [1.29, 1.82) is 0 Å². The Hall–Kier alpha value is -7.49. The van der Waals surface area contributed by atoms with Gasteiger partial charge in [0.25, 0.3) is 0 Å². The highest BCUT2D eigenvalue weighted by Gasteiger charge is 2.35.